The van der Waals surface area contributed by atoms with E-state index >= 15 is 0 Å². The predicted molar refractivity (Wildman–Crippen MR) is 105 cm³/mol. The number of unbranched alkanes of at least 4 members (excludes halogenated alkanes) is 1. The molecule has 1 aromatic carbocycles. The second-order valence-corrected chi connectivity index (χ2v) is 7.57. The van der Waals surface area contributed by atoms with Crippen molar-refractivity contribution in [3.63, 3.8) is 0 Å². The number of carbonyl (C=O) groups is 1. The van der Waals surface area contributed by atoms with E-state index in [2.05, 4.69) is 22.2 Å². The number of hydrogen-bond donors (Lipinski definition) is 1. The Morgan fingerprint density at radius 1 is 1.23 bits per heavy atom. The number of carbonyl (C=O) groups excluding carboxylic acids is 1. The lowest BCUT2D eigenvalue weighted by Gasteiger charge is -2.30. The van der Waals surface area contributed by atoms with Crippen molar-refractivity contribution in [3.8, 4) is 5.69 Å². The number of benzene rings is 1. The van der Waals surface area contributed by atoms with Gasteiger partial charge >= 0.3 is 0 Å². The Morgan fingerprint density at radius 3 is 2.69 bits per heavy atom. The van der Waals surface area contributed by atoms with Gasteiger partial charge in [-0.3, -0.25) is 4.79 Å². The topological polar surface area (TPSA) is 50.2 Å². The first-order valence-corrected chi connectivity index (χ1v) is 9.81. The largest absolute Gasteiger partial charge is 0.352 e. The molecule has 0 radical (unpaired) electrons. The van der Waals surface area contributed by atoms with Crippen LogP contribution in [0.2, 0.25) is 5.02 Å². The Hall–Kier alpha value is -1.85. The summed E-state index contributed by atoms with van der Waals surface area (Å²) in [6.07, 6.45) is 8.09. The Labute approximate surface area is 160 Å². The maximum absolute atomic E-state index is 12.2. The molecule has 1 aliphatic rings. The zero-order valence-electron chi connectivity index (χ0n) is 15.3. The smallest absolute Gasteiger partial charge is 0.254 e. The van der Waals surface area contributed by atoms with Gasteiger partial charge in [0.2, 0.25) is 0 Å². The first kappa shape index (κ1) is 18.9. The van der Waals surface area contributed by atoms with E-state index < -0.39 is 0 Å². The molecule has 140 valence electrons. The van der Waals surface area contributed by atoms with Gasteiger partial charge in [-0.05, 0) is 75.5 Å². The van der Waals surface area contributed by atoms with Gasteiger partial charge in [-0.2, -0.15) is 5.10 Å². The fourth-order valence-electron chi connectivity index (χ4n) is 3.23. The summed E-state index contributed by atoms with van der Waals surface area (Å²) in [6.45, 7) is 6.61. The van der Waals surface area contributed by atoms with Gasteiger partial charge in [-0.15, -0.1) is 0 Å². The molecule has 6 heteroatoms. The molecular formula is C20H27ClN4O. The van der Waals surface area contributed by atoms with Crippen molar-refractivity contribution < 1.29 is 4.79 Å². The zero-order chi connectivity index (χ0) is 18.4. The van der Waals surface area contributed by atoms with E-state index in [9.17, 15) is 4.79 Å². The SMILES string of the molecule is CC1CCN(CCCCNC(=O)c2cnn(-c3ccc(Cl)cc3)c2)CC1. The summed E-state index contributed by atoms with van der Waals surface area (Å²) in [4.78, 5) is 14.8. The number of amides is 1. The first-order valence-electron chi connectivity index (χ1n) is 9.43. The lowest BCUT2D eigenvalue weighted by molar-refractivity contribution is 0.0952. The second kappa shape index (κ2) is 9.19. The van der Waals surface area contributed by atoms with Crippen molar-refractivity contribution in [1.82, 2.24) is 20.0 Å². The molecule has 1 aromatic heterocycles. The molecule has 0 bridgehead atoms. The number of likely N-dealkylation sites (tertiary alicyclic amines) is 1. The van der Waals surface area contributed by atoms with Gasteiger partial charge in [0.1, 0.15) is 0 Å². The Bertz CT molecular complexity index is 705. The van der Waals surface area contributed by atoms with Gasteiger partial charge in [0.05, 0.1) is 17.4 Å². The van der Waals surface area contributed by atoms with Crippen LogP contribution in [0, 0.1) is 5.92 Å². The Morgan fingerprint density at radius 2 is 1.96 bits per heavy atom. The summed E-state index contributed by atoms with van der Waals surface area (Å²) in [7, 11) is 0. The van der Waals surface area contributed by atoms with E-state index in [1.165, 1.54) is 25.9 Å². The molecule has 2 aromatic rings. The quantitative estimate of drug-likeness (QED) is 0.750. The second-order valence-electron chi connectivity index (χ2n) is 7.14. The molecule has 1 amide bonds. The molecule has 0 unspecified atom stereocenters. The molecule has 1 saturated heterocycles. The van der Waals surface area contributed by atoms with Crippen molar-refractivity contribution in [2.24, 2.45) is 5.92 Å². The summed E-state index contributed by atoms with van der Waals surface area (Å²) < 4.78 is 1.68. The van der Waals surface area contributed by atoms with Gasteiger partial charge < -0.3 is 10.2 Å². The van der Waals surface area contributed by atoms with E-state index in [-0.39, 0.29) is 5.91 Å². The number of halogens is 1. The van der Waals surface area contributed by atoms with E-state index in [0.29, 0.717) is 17.1 Å². The Balaban J connectivity index is 1.38. The third kappa shape index (κ3) is 5.32. The van der Waals surface area contributed by atoms with Crippen LogP contribution in [-0.2, 0) is 0 Å². The van der Waals surface area contributed by atoms with Crippen LogP contribution >= 0.6 is 11.6 Å². The van der Waals surface area contributed by atoms with Crippen LogP contribution in [-0.4, -0.2) is 46.8 Å². The standard InChI is InChI=1S/C20H27ClN4O/c1-16-8-12-24(13-9-16)11-3-2-10-22-20(26)17-14-23-25(15-17)19-6-4-18(21)5-7-19/h4-7,14-16H,2-3,8-13H2,1H3,(H,22,26). The van der Waals surface area contributed by atoms with Gasteiger partial charge in [0, 0.05) is 17.8 Å². The van der Waals surface area contributed by atoms with Gasteiger partial charge in [0.25, 0.3) is 5.91 Å². The van der Waals surface area contributed by atoms with Crippen LogP contribution in [0.4, 0.5) is 0 Å². The van der Waals surface area contributed by atoms with E-state index in [0.717, 1.165) is 31.0 Å². The molecule has 0 aliphatic carbocycles. The molecule has 0 saturated carbocycles. The van der Waals surface area contributed by atoms with E-state index in [1.54, 1.807) is 29.2 Å². The highest BCUT2D eigenvalue weighted by atomic mass is 35.5. The van der Waals surface area contributed by atoms with Crippen molar-refractivity contribution >= 4 is 17.5 Å². The molecule has 1 aliphatic heterocycles. The minimum absolute atomic E-state index is 0.0722. The molecular weight excluding hydrogens is 348 g/mol. The zero-order valence-corrected chi connectivity index (χ0v) is 16.1. The monoisotopic (exact) mass is 374 g/mol. The summed E-state index contributed by atoms with van der Waals surface area (Å²) in [5.41, 5.74) is 1.45. The summed E-state index contributed by atoms with van der Waals surface area (Å²) >= 11 is 5.90. The van der Waals surface area contributed by atoms with Gasteiger partial charge in [-0.1, -0.05) is 18.5 Å². The van der Waals surface area contributed by atoms with E-state index in [4.69, 9.17) is 11.6 Å². The fraction of sp³-hybridized carbons (Fsp3) is 0.500. The molecule has 1 N–H and O–H groups in total. The number of nitrogens with one attached hydrogen (secondary N) is 1. The average Bonchev–Trinajstić information content (AvgIpc) is 3.14. The third-order valence-corrected chi connectivity index (χ3v) is 5.25. The molecule has 2 heterocycles. The van der Waals surface area contributed by atoms with Crippen molar-refractivity contribution in [1.29, 1.82) is 0 Å². The van der Waals surface area contributed by atoms with Crippen LogP contribution < -0.4 is 5.32 Å². The highest BCUT2D eigenvalue weighted by molar-refractivity contribution is 6.30. The highest BCUT2D eigenvalue weighted by Gasteiger charge is 2.15. The first-order chi connectivity index (χ1) is 12.6. The lowest BCUT2D eigenvalue weighted by atomic mass is 9.99. The van der Waals surface area contributed by atoms with Crippen LogP contribution in [0.15, 0.2) is 36.7 Å². The third-order valence-electron chi connectivity index (χ3n) is 5.00. The maximum atomic E-state index is 12.2. The van der Waals surface area contributed by atoms with Gasteiger partial charge in [0.15, 0.2) is 0 Å². The number of aromatic nitrogens is 2. The van der Waals surface area contributed by atoms with Crippen LogP contribution in [0.5, 0.6) is 0 Å². The van der Waals surface area contributed by atoms with Crippen molar-refractivity contribution in [2.75, 3.05) is 26.2 Å². The lowest BCUT2D eigenvalue weighted by Crippen LogP contribution is -2.34. The number of nitrogens with zero attached hydrogens (tertiary/aromatic N) is 3. The number of rotatable bonds is 7. The minimum atomic E-state index is -0.0722. The van der Waals surface area contributed by atoms with E-state index in [1.807, 2.05) is 12.1 Å². The molecule has 1 fully saturated rings. The van der Waals surface area contributed by atoms with Gasteiger partial charge in [-0.25, -0.2) is 4.68 Å². The average molecular weight is 375 g/mol. The maximum Gasteiger partial charge on any atom is 0.254 e. The van der Waals surface area contributed by atoms with Crippen molar-refractivity contribution in [2.45, 2.75) is 32.6 Å². The minimum Gasteiger partial charge on any atom is -0.352 e. The Kier molecular flexibility index (Phi) is 6.69. The van der Waals surface area contributed by atoms with Crippen molar-refractivity contribution in [3.05, 3.63) is 47.2 Å². The number of hydrogen-bond acceptors (Lipinski definition) is 3. The molecule has 3 rings (SSSR count). The molecule has 0 spiro atoms. The number of piperidine rings is 1. The summed E-state index contributed by atoms with van der Waals surface area (Å²) in [5, 5.41) is 7.92. The van der Waals surface area contributed by atoms with Crippen LogP contribution in [0.1, 0.15) is 43.0 Å². The van der Waals surface area contributed by atoms with Crippen LogP contribution in [0.3, 0.4) is 0 Å². The highest BCUT2D eigenvalue weighted by Crippen LogP contribution is 2.16. The van der Waals surface area contributed by atoms with Crippen LogP contribution in [0.25, 0.3) is 5.69 Å². The summed E-state index contributed by atoms with van der Waals surface area (Å²) in [5.74, 6) is 0.802. The fourth-order valence-corrected chi connectivity index (χ4v) is 3.35. The normalized spacial score (nSPS) is 15.9. The molecule has 0 atom stereocenters. The molecule has 5 nitrogen and oxygen atoms in total. The summed E-state index contributed by atoms with van der Waals surface area (Å²) in [6, 6.07) is 7.36. The molecule has 26 heavy (non-hydrogen) atoms. The predicted octanol–water partition coefficient (Wildman–Crippen LogP) is 3.77.